The van der Waals surface area contributed by atoms with E-state index in [2.05, 4.69) is 10.3 Å². The van der Waals surface area contributed by atoms with Gasteiger partial charge in [-0.15, -0.1) is 11.3 Å². The highest BCUT2D eigenvalue weighted by Gasteiger charge is 2.23. The molecule has 0 saturated carbocycles. The molecule has 1 aromatic carbocycles. The summed E-state index contributed by atoms with van der Waals surface area (Å²) >= 11 is 14.7. The number of thioether (sulfide) groups is 1. The van der Waals surface area contributed by atoms with Crippen molar-refractivity contribution in [1.82, 2.24) is 5.32 Å². The quantitative estimate of drug-likeness (QED) is 0.775. The molecule has 1 amide bonds. The van der Waals surface area contributed by atoms with Crippen LogP contribution in [0.4, 0.5) is 5.69 Å². The van der Waals surface area contributed by atoms with Gasteiger partial charge in [0.25, 0.3) is 5.91 Å². The monoisotopic (exact) mass is 354 g/mol. The number of benzene rings is 1. The molecule has 1 aromatic heterocycles. The molecule has 0 atom stereocenters. The summed E-state index contributed by atoms with van der Waals surface area (Å²) in [5.74, 6) is -0.153. The van der Waals surface area contributed by atoms with E-state index >= 15 is 0 Å². The van der Waals surface area contributed by atoms with Crippen molar-refractivity contribution in [2.24, 2.45) is 4.99 Å². The van der Waals surface area contributed by atoms with Gasteiger partial charge in [0.05, 0.1) is 10.6 Å². The van der Waals surface area contributed by atoms with Gasteiger partial charge in [0, 0.05) is 14.9 Å². The van der Waals surface area contributed by atoms with Gasteiger partial charge in [-0.05, 0) is 47.5 Å². The minimum absolute atomic E-state index is 0.153. The number of rotatable bonds is 2. The number of nitrogens with one attached hydrogen (secondary N) is 1. The van der Waals surface area contributed by atoms with Crippen LogP contribution in [0.1, 0.15) is 4.88 Å². The van der Waals surface area contributed by atoms with Crippen LogP contribution in [0.25, 0.3) is 6.08 Å². The van der Waals surface area contributed by atoms with Gasteiger partial charge in [0.1, 0.15) is 0 Å². The Bertz CT molecular complexity index is 734. The number of nitrogens with zero attached hydrogens (tertiary/aromatic N) is 1. The summed E-state index contributed by atoms with van der Waals surface area (Å²) in [4.78, 5) is 17.9. The van der Waals surface area contributed by atoms with Crippen LogP contribution in [0.2, 0.25) is 10.0 Å². The van der Waals surface area contributed by atoms with Crippen LogP contribution < -0.4 is 5.32 Å². The predicted molar refractivity (Wildman–Crippen MR) is 91.6 cm³/mol. The van der Waals surface area contributed by atoms with E-state index in [0.717, 1.165) is 4.88 Å². The third-order valence-corrected chi connectivity index (χ3v) is 4.71. The zero-order valence-electron chi connectivity index (χ0n) is 10.5. The number of halogens is 2. The molecule has 0 unspecified atom stereocenters. The van der Waals surface area contributed by atoms with E-state index in [-0.39, 0.29) is 5.91 Å². The van der Waals surface area contributed by atoms with Crippen LogP contribution >= 0.6 is 46.3 Å². The van der Waals surface area contributed by atoms with Gasteiger partial charge in [-0.1, -0.05) is 29.3 Å². The first-order valence-electron chi connectivity index (χ1n) is 5.89. The van der Waals surface area contributed by atoms with E-state index in [1.54, 1.807) is 29.5 Å². The number of carbonyl (C=O) groups excluding carboxylic acids is 1. The number of amides is 1. The lowest BCUT2D eigenvalue weighted by molar-refractivity contribution is -0.115. The van der Waals surface area contributed by atoms with Crippen LogP contribution in [-0.4, -0.2) is 11.1 Å². The van der Waals surface area contributed by atoms with E-state index < -0.39 is 0 Å². The molecule has 3 nitrogen and oxygen atoms in total. The van der Waals surface area contributed by atoms with Gasteiger partial charge >= 0.3 is 0 Å². The molecule has 2 heterocycles. The van der Waals surface area contributed by atoms with Crippen molar-refractivity contribution < 1.29 is 4.79 Å². The maximum Gasteiger partial charge on any atom is 0.264 e. The first-order chi connectivity index (χ1) is 10.1. The van der Waals surface area contributed by atoms with E-state index in [4.69, 9.17) is 23.2 Å². The normalized spacial score (nSPS) is 18.5. The van der Waals surface area contributed by atoms with Crippen molar-refractivity contribution >= 4 is 69.1 Å². The highest BCUT2D eigenvalue weighted by atomic mass is 35.5. The third kappa shape index (κ3) is 3.68. The number of amidine groups is 1. The lowest BCUT2D eigenvalue weighted by atomic mass is 10.3. The average molecular weight is 355 g/mol. The predicted octanol–water partition coefficient (Wildman–Crippen LogP) is 4.95. The molecule has 0 radical (unpaired) electrons. The molecule has 7 heteroatoms. The van der Waals surface area contributed by atoms with Crippen molar-refractivity contribution in [2.75, 3.05) is 0 Å². The maximum absolute atomic E-state index is 11.9. The second-order valence-electron chi connectivity index (χ2n) is 4.12. The zero-order chi connectivity index (χ0) is 14.8. The largest absolute Gasteiger partial charge is 0.300 e. The van der Waals surface area contributed by atoms with Crippen molar-refractivity contribution in [3.05, 3.63) is 55.5 Å². The summed E-state index contributed by atoms with van der Waals surface area (Å²) in [7, 11) is 0. The lowest BCUT2D eigenvalue weighted by Crippen LogP contribution is -2.19. The molecule has 1 aliphatic heterocycles. The molecule has 0 bridgehead atoms. The molecule has 21 heavy (non-hydrogen) atoms. The van der Waals surface area contributed by atoms with Crippen molar-refractivity contribution in [2.45, 2.75) is 0 Å². The second-order valence-corrected chi connectivity index (χ2v) is 7.01. The summed E-state index contributed by atoms with van der Waals surface area (Å²) in [5.41, 5.74) is 0.604. The van der Waals surface area contributed by atoms with Gasteiger partial charge in [-0.3, -0.25) is 4.79 Å². The smallest absolute Gasteiger partial charge is 0.264 e. The molecule has 3 rings (SSSR count). The first-order valence-corrected chi connectivity index (χ1v) is 8.34. The number of hydrogen-bond donors (Lipinski definition) is 1. The fourth-order valence-corrected chi connectivity index (χ4v) is 3.78. The molecule has 1 N–H and O–H groups in total. The SMILES string of the molecule is O=C1NC(=Nc2cc(Cl)cc(Cl)c2)SC1=Cc1cccs1. The molecule has 1 saturated heterocycles. The Morgan fingerprint density at radius 3 is 2.62 bits per heavy atom. The summed E-state index contributed by atoms with van der Waals surface area (Å²) in [6, 6.07) is 8.91. The Hall–Kier alpha value is -1.27. The van der Waals surface area contributed by atoms with E-state index in [0.29, 0.717) is 25.8 Å². The van der Waals surface area contributed by atoms with Crippen LogP contribution in [-0.2, 0) is 4.79 Å². The Kier molecular flexibility index (Phi) is 4.35. The lowest BCUT2D eigenvalue weighted by Gasteiger charge is -1.98. The Labute approximate surface area is 139 Å². The van der Waals surface area contributed by atoms with E-state index in [9.17, 15) is 4.79 Å². The molecule has 0 aliphatic carbocycles. The second kappa shape index (κ2) is 6.23. The zero-order valence-corrected chi connectivity index (χ0v) is 13.6. The molecule has 106 valence electrons. The van der Waals surface area contributed by atoms with Crippen molar-refractivity contribution in [1.29, 1.82) is 0 Å². The molecule has 1 aliphatic rings. The Morgan fingerprint density at radius 2 is 1.95 bits per heavy atom. The summed E-state index contributed by atoms with van der Waals surface area (Å²) < 4.78 is 0. The molecule has 0 spiro atoms. The average Bonchev–Trinajstić information content (AvgIpc) is 3.00. The molecular formula is C14H8Cl2N2OS2. The number of aliphatic imine (C=N–C) groups is 1. The summed E-state index contributed by atoms with van der Waals surface area (Å²) in [6.07, 6.45) is 1.85. The Balaban J connectivity index is 1.85. The molecular weight excluding hydrogens is 347 g/mol. The number of hydrogen-bond acceptors (Lipinski definition) is 4. The third-order valence-electron chi connectivity index (χ3n) is 2.55. The highest BCUT2D eigenvalue weighted by Crippen LogP contribution is 2.30. The minimum Gasteiger partial charge on any atom is -0.300 e. The summed E-state index contributed by atoms with van der Waals surface area (Å²) in [6.45, 7) is 0. The molecule has 1 fully saturated rings. The fraction of sp³-hybridized carbons (Fsp3) is 0. The van der Waals surface area contributed by atoms with Crippen LogP contribution in [0.15, 0.2) is 45.6 Å². The molecule has 2 aromatic rings. The van der Waals surface area contributed by atoms with Crippen molar-refractivity contribution in [3.8, 4) is 0 Å². The number of carbonyl (C=O) groups is 1. The van der Waals surface area contributed by atoms with Crippen LogP contribution in [0.3, 0.4) is 0 Å². The van der Waals surface area contributed by atoms with Crippen molar-refractivity contribution in [3.63, 3.8) is 0 Å². The van der Waals surface area contributed by atoms with Crippen LogP contribution in [0.5, 0.6) is 0 Å². The van der Waals surface area contributed by atoms with Gasteiger partial charge in [-0.2, -0.15) is 0 Å². The maximum atomic E-state index is 11.9. The van der Waals surface area contributed by atoms with Gasteiger partial charge in [-0.25, -0.2) is 4.99 Å². The number of thiophene rings is 1. The minimum atomic E-state index is -0.153. The van der Waals surface area contributed by atoms with E-state index in [1.165, 1.54) is 11.8 Å². The Morgan fingerprint density at radius 1 is 1.19 bits per heavy atom. The fourth-order valence-electron chi connectivity index (χ4n) is 1.70. The van der Waals surface area contributed by atoms with Gasteiger partial charge < -0.3 is 5.32 Å². The highest BCUT2D eigenvalue weighted by molar-refractivity contribution is 8.18. The standard InChI is InChI=1S/C14H8Cl2N2OS2/c15-8-4-9(16)6-10(5-8)17-14-18-13(19)12(21-14)7-11-2-1-3-20-11/h1-7H,(H,17,18,19). The van der Waals surface area contributed by atoms with Gasteiger partial charge in [0.2, 0.25) is 0 Å². The van der Waals surface area contributed by atoms with Crippen LogP contribution in [0, 0.1) is 0 Å². The first kappa shape index (κ1) is 14.7. The van der Waals surface area contributed by atoms with E-state index in [1.807, 2.05) is 23.6 Å². The topological polar surface area (TPSA) is 41.5 Å². The van der Waals surface area contributed by atoms with Gasteiger partial charge in [0.15, 0.2) is 5.17 Å². The summed E-state index contributed by atoms with van der Waals surface area (Å²) in [5, 5.41) is 6.22.